The van der Waals surface area contributed by atoms with Crippen LogP contribution in [0, 0.1) is 11.3 Å². The topological polar surface area (TPSA) is 73.2 Å². The summed E-state index contributed by atoms with van der Waals surface area (Å²) in [5, 5.41) is 15.4. The summed E-state index contributed by atoms with van der Waals surface area (Å²) in [6.07, 6.45) is 0.315. The van der Waals surface area contributed by atoms with Crippen molar-refractivity contribution in [2.75, 3.05) is 10.2 Å². The summed E-state index contributed by atoms with van der Waals surface area (Å²) in [4.78, 5) is 28.5. The number of para-hydroxylation sites is 1. The summed E-state index contributed by atoms with van der Waals surface area (Å²) in [5.74, 6) is -0.816. The zero-order valence-electron chi connectivity index (χ0n) is 19.3. The van der Waals surface area contributed by atoms with Gasteiger partial charge in [0.1, 0.15) is 16.7 Å². The van der Waals surface area contributed by atoms with E-state index < -0.39 is 11.2 Å². The summed E-state index contributed by atoms with van der Waals surface area (Å²) >= 11 is 13.6. The van der Waals surface area contributed by atoms with Gasteiger partial charge in [0.15, 0.2) is 0 Å². The molecule has 8 heteroatoms. The van der Waals surface area contributed by atoms with Crippen LogP contribution in [0.25, 0.3) is 10.8 Å². The highest BCUT2D eigenvalue weighted by molar-refractivity contribution is 8.05. The van der Waals surface area contributed by atoms with E-state index in [9.17, 15) is 14.9 Å². The molecule has 0 aromatic heterocycles. The smallest absolute Gasteiger partial charge is 0.269 e. The van der Waals surface area contributed by atoms with Crippen LogP contribution in [0.4, 0.5) is 11.4 Å². The minimum absolute atomic E-state index is 0.139. The van der Waals surface area contributed by atoms with Gasteiger partial charge < -0.3 is 5.32 Å². The summed E-state index contributed by atoms with van der Waals surface area (Å²) < 4.78 is 0. The maximum absolute atomic E-state index is 13.6. The van der Waals surface area contributed by atoms with E-state index in [4.69, 9.17) is 23.2 Å². The van der Waals surface area contributed by atoms with Gasteiger partial charge in [0.2, 0.25) is 5.91 Å². The summed E-state index contributed by atoms with van der Waals surface area (Å²) in [6, 6.07) is 29.4. The van der Waals surface area contributed by atoms with E-state index in [-0.39, 0.29) is 16.5 Å². The molecule has 0 bridgehead atoms. The van der Waals surface area contributed by atoms with Crippen molar-refractivity contribution >= 4 is 68.9 Å². The molecule has 37 heavy (non-hydrogen) atoms. The maximum atomic E-state index is 13.6. The Hall–Kier alpha value is -3.76. The molecule has 4 aromatic carbocycles. The van der Waals surface area contributed by atoms with E-state index in [1.54, 1.807) is 48.5 Å². The monoisotopic (exact) mass is 543 g/mol. The molecule has 1 saturated heterocycles. The van der Waals surface area contributed by atoms with E-state index in [1.165, 1.54) is 16.7 Å². The first-order chi connectivity index (χ1) is 18.0. The Morgan fingerprint density at radius 2 is 1.70 bits per heavy atom. The van der Waals surface area contributed by atoms with E-state index >= 15 is 0 Å². The molecule has 1 heterocycles. The van der Waals surface area contributed by atoms with Crippen molar-refractivity contribution in [2.45, 2.75) is 11.7 Å². The molecular formula is C29H19Cl2N3O2S. The molecule has 1 unspecified atom stereocenters. The van der Waals surface area contributed by atoms with Crippen molar-refractivity contribution < 1.29 is 9.59 Å². The quantitative estimate of drug-likeness (QED) is 0.213. The van der Waals surface area contributed by atoms with Gasteiger partial charge in [0.05, 0.1) is 5.25 Å². The van der Waals surface area contributed by atoms with E-state index in [2.05, 4.69) is 5.32 Å². The Morgan fingerprint density at radius 3 is 2.46 bits per heavy atom. The summed E-state index contributed by atoms with van der Waals surface area (Å²) in [7, 11) is 0. The molecule has 5 nitrogen and oxygen atoms in total. The van der Waals surface area contributed by atoms with Crippen molar-refractivity contribution in [2.24, 2.45) is 0 Å². The molecular weight excluding hydrogens is 525 g/mol. The number of halogens is 2. The summed E-state index contributed by atoms with van der Waals surface area (Å²) in [6.45, 7) is 0. The number of fused-ring (bicyclic) bond motifs is 1. The number of rotatable bonds is 5. The molecule has 0 radical (unpaired) electrons. The van der Waals surface area contributed by atoms with Crippen molar-refractivity contribution in [1.29, 1.82) is 5.26 Å². The van der Waals surface area contributed by atoms with Gasteiger partial charge in [-0.25, -0.2) is 0 Å². The van der Waals surface area contributed by atoms with Crippen LogP contribution in [0.3, 0.4) is 0 Å². The van der Waals surface area contributed by atoms with E-state index in [0.29, 0.717) is 27.8 Å². The number of carbonyl (C=O) groups excluding carboxylic acids is 2. The van der Waals surface area contributed by atoms with Gasteiger partial charge in [0.25, 0.3) is 5.91 Å². The third-order valence-electron chi connectivity index (χ3n) is 5.98. The fourth-order valence-corrected chi connectivity index (χ4v) is 5.99. The Labute approximate surface area is 228 Å². The molecule has 1 aliphatic rings. The number of thioether (sulfide) groups is 1. The minimum atomic E-state index is -0.583. The molecule has 182 valence electrons. The number of nitrogens with one attached hydrogen (secondary N) is 1. The number of hydrogen-bond acceptors (Lipinski definition) is 4. The third kappa shape index (κ3) is 5.07. The lowest BCUT2D eigenvalue weighted by atomic mass is 10.1. The van der Waals surface area contributed by atoms with Crippen LogP contribution in [-0.2, 0) is 16.0 Å². The second-order valence-electron chi connectivity index (χ2n) is 8.33. The SMILES string of the molecule is N#C/C(C(=O)Nc1cccc2ccccc12)=C1/SC(Cc2ccc(Cl)cc2Cl)C(=O)N1c1ccccc1. The predicted molar refractivity (Wildman–Crippen MR) is 151 cm³/mol. The Bertz CT molecular complexity index is 1590. The zero-order valence-corrected chi connectivity index (χ0v) is 21.6. The molecule has 0 aliphatic carbocycles. The fraction of sp³-hybridized carbons (Fsp3) is 0.0690. The van der Waals surface area contributed by atoms with Crippen LogP contribution in [0.1, 0.15) is 5.56 Å². The first-order valence-corrected chi connectivity index (χ1v) is 13.0. The number of amides is 2. The van der Waals surface area contributed by atoms with Gasteiger partial charge in [-0.05, 0) is 47.7 Å². The Kier molecular flexibility index (Phi) is 7.20. The first kappa shape index (κ1) is 24.9. The highest BCUT2D eigenvalue weighted by Crippen LogP contribution is 2.42. The molecule has 1 aliphatic heterocycles. The number of anilines is 2. The van der Waals surface area contributed by atoms with Crippen LogP contribution in [0.5, 0.6) is 0 Å². The molecule has 1 atom stereocenters. The van der Waals surface area contributed by atoms with Crippen LogP contribution >= 0.6 is 35.0 Å². The number of hydrogen-bond donors (Lipinski definition) is 1. The molecule has 1 N–H and O–H groups in total. The predicted octanol–water partition coefficient (Wildman–Crippen LogP) is 7.21. The van der Waals surface area contributed by atoms with Crippen LogP contribution in [0.2, 0.25) is 10.0 Å². The molecule has 0 saturated carbocycles. The Balaban J connectivity index is 1.54. The van der Waals surface area contributed by atoms with E-state index in [1.807, 2.05) is 48.5 Å². The highest BCUT2D eigenvalue weighted by Gasteiger charge is 2.41. The Morgan fingerprint density at radius 1 is 0.973 bits per heavy atom. The highest BCUT2D eigenvalue weighted by atomic mass is 35.5. The van der Waals surface area contributed by atoms with Gasteiger partial charge in [-0.2, -0.15) is 5.26 Å². The lowest BCUT2D eigenvalue weighted by molar-refractivity contribution is -0.117. The van der Waals surface area contributed by atoms with E-state index in [0.717, 1.165) is 16.3 Å². The molecule has 5 rings (SSSR count). The maximum Gasteiger partial charge on any atom is 0.269 e. The minimum Gasteiger partial charge on any atom is -0.321 e. The number of benzene rings is 4. The van der Waals surface area contributed by atoms with Crippen LogP contribution < -0.4 is 10.2 Å². The van der Waals surface area contributed by atoms with Crippen molar-refractivity contribution in [3.05, 3.63) is 117 Å². The van der Waals surface area contributed by atoms with Gasteiger partial charge in [-0.1, -0.05) is 95.6 Å². The van der Waals surface area contributed by atoms with Crippen molar-refractivity contribution in [3.63, 3.8) is 0 Å². The first-order valence-electron chi connectivity index (χ1n) is 11.4. The molecule has 0 spiro atoms. The van der Waals surface area contributed by atoms with Crippen LogP contribution in [-0.4, -0.2) is 17.1 Å². The number of carbonyl (C=O) groups is 2. The average Bonchev–Trinajstić information content (AvgIpc) is 3.22. The molecule has 2 amide bonds. The fourth-order valence-electron chi connectivity index (χ4n) is 4.21. The largest absolute Gasteiger partial charge is 0.321 e. The number of nitrogens with zero attached hydrogens (tertiary/aromatic N) is 2. The zero-order chi connectivity index (χ0) is 25.9. The van der Waals surface area contributed by atoms with Gasteiger partial charge in [-0.3, -0.25) is 14.5 Å². The van der Waals surface area contributed by atoms with Gasteiger partial charge in [0, 0.05) is 26.8 Å². The van der Waals surface area contributed by atoms with Gasteiger partial charge >= 0.3 is 0 Å². The molecule has 1 fully saturated rings. The van der Waals surface area contributed by atoms with Crippen molar-refractivity contribution in [3.8, 4) is 6.07 Å². The lowest BCUT2D eigenvalue weighted by Crippen LogP contribution is -2.31. The standard InChI is InChI=1S/C29H19Cl2N3O2S/c30-20-14-13-19(24(31)16-20)15-26-28(36)34(21-9-2-1-3-10-21)29(37-26)23(17-32)27(35)33-25-12-6-8-18-7-4-5-11-22(18)25/h1-14,16,26H,15H2,(H,33,35)/b29-23-. The number of nitriles is 1. The second kappa shape index (κ2) is 10.7. The van der Waals surface area contributed by atoms with Gasteiger partial charge in [-0.15, -0.1) is 0 Å². The average molecular weight is 544 g/mol. The third-order valence-corrected chi connectivity index (χ3v) is 7.83. The normalized spacial score (nSPS) is 16.5. The lowest BCUT2D eigenvalue weighted by Gasteiger charge is -2.18. The molecule has 4 aromatic rings. The van der Waals surface area contributed by atoms with Crippen LogP contribution in [0.15, 0.2) is 102 Å². The van der Waals surface area contributed by atoms with Crippen molar-refractivity contribution in [1.82, 2.24) is 0 Å². The summed E-state index contributed by atoms with van der Waals surface area (Å²) in [5.41, 5.74) is 1.77. The second-order valence-corrected chi connectivity index (χ2v) is 10.4.